The second-order valence-corrected chi connectivity index (χ2v) is 9.58. The maximum Gasteiger partial charge on any atom is 0.262 e. The molecule has 0 fully saturated rings. The Labute approximate surface area is 214 Å². The van der Waals surface area contributed by atoms with Gasteiger partial charge in [0, 0.05) is 29.4 Å². The lowest BCUT2D eigenvalue weighted by Gasteiger charge is -2.12. The van der Waals surface area contributed by atoms with E-state index in [4.69, 9.17) is 0 Å². The average molecular weight is 524 g/mol. The molecule has 1 aromatic heterocycles. The fraction of sp³-hybridized carbons (Fsp3) is 0.167. The monoisotopic (exact) mass is 523 g/mol. The predicted octanol–water partition coefficient (Wildman–Crippen LogP) is 3.21. The van der Waals surface area contributed by atoms with Gasteiger partial charge in [-0.25, -0.2) is 4.98 Å². The minimum atomic E-state index is -0.526. The van der Waals surface area contributed by atoms with Gasteiger partial charge in [0.2, 0.25) is 17.7 Å². The Morgan fingerprint density at radius 1 is 0.889 bits per heavy atom. The number of carbonyl (C=O) groups is 5. The van der Waals surface area contributed by atoms with Gasteiger partial charge in [-0.1, -0.05) is 12.1 Å². The highest BCUT2D eigenvalue weighted by Crippen LogP contribution is 2.23. The summed E-state index contributed by atoms with van der Waals surface area (Å²) in [4.78, 5) is 65.7. The number of hydrogen-bond acceptors (Lipinski definition) is 8. The van der Waals surface area contributed by atoms with Crippen LogP contribution in [0.15, 0.2) is 53.9 Å². The molecular formula is C24H21N5O5S2. The Hall–Kier alpha value is -4.03. The SMILES string of the molecule is CC(=O)Nc1ccc(NC(=O)CSCc2csc(NC(=O)CN3C(=O)c4ccccc4C3=O)n2)cc1. The van der Waals surface area contributed by atoms with E-state index in [2.05, 4.69) is 20.9 Å². The van der Waals surface area contributed by atoms with Crippen LogP contribution in [0.4, 0.5) is 16.5 Å². The summed E-state index contributed by atoms with van der Waals surface area (Å²) in [6, 6.07) is 13.2. The number of hydrogen-bond donors (Lipinski definition) is 3. The summed E-state index contributed by atoms with van der Waals surface area (Å²) in [6.45, 7) is 1.02. The van der Waals surface area contributed by atoms with Crippen molar-refractivity contribution >= 4 is 69.1 Å². The first-order valence-corrected chi connectivity index (χ1v) is 12.8. The van der Waals surface area contributed by atoms with Gasteiger partial charge in [0.1, 0.15) is 6.54 Å². The second kappa shape index (κ2) is 11.1. The van der Waals surface area contributed by atoms with Crippen molar-refractivity contribution in [3.05, 3.63) is 70.7 Å². The maximum atomic E-state index is 12.4. The standard InChI is InChI=1S/C24H21N5O5S2/c1-14(30)25-15-6-8-16(9-7-15)26-21(32)13-35-11-17-12-36-24(27-17)28-20(31)10-29-22(33)18-4-2-3-5-19(18)23(29)34/h2-9,12H,10-11,13H2,1H3,(H,25,30)(H,26,32)(H,27,28,31). The summed E-state index contributed by atoms with van der Waals surface area (Å²) >= 11 is 2.58. The van der Waals surface area contributed by atoms with E-state index in [-0.39, 0.29) is 28.7 Å². The Kier molecular flexibility index (Phi) is 7.76. The van der Waals surface area contributed by atoms with Crippen LogP contribution in [0.25, 0.3) is 0 Å². The van der Waals surface area contributed by atoms with Crippen molar-refractivity contribution in [1.29, 1.82) is 0 Å². The van der Waals surface area contributed by atoms with Crippen molar-refractivity contribution in [2.75, 3.05) is 28.2 Å². The largest absolute Gasteiger partial charge is 0.326 e. The zero-order chi connectivity index (χ0) is 25.7. The molecule has 0 bridgehead atoms. The molecule has 0 radical (unpaired) electrons. The van der Waals surface area contributed by atoms with E-state index in [1.54, 1.807) is 53.9 Å². The molecule has 4 rings (SSSR count). The van der Waals surface area contributed by atoms with Crippen LogP contribution < -0.4 is 16.0 Å². The van der Waals surface area contributed by atoms with Crippen molar-refractivity contribution < 1.29 is 24.0 Å². The van der Waals surface area contributed by atoms with Gasteiger partial charge < -0.3 is 16.0 Å². The molecule has 2 aromatic carbocycles. The van der Waals surface area contributed by atoms with E-state index in [1.165, 1.54) is 30.0 Å². The number of rotatable bonds is 9. The summed E-state index contributed by atoms with van der Waals surface area (Å²) in [7, 11) is 0. The van der Waals surface area contributed by atoms with Gasteiger partial charge in [-0.2, -0.15) is 0 Å². The van der Waals surface area contributed by atoms with Crippen molar-refractivity contribution in [3.8, 4) is 0 Å². The minimum absolute atomic E-state index is 0.171. The molecule has 36 heavy (non-hydrogen) atoms. The number of thiazole rings is 1. The van der Waals surface area contributed by atoms with E-state index >= 15 is 0 Å². The fourth-order valence-corrected chi connectivity index (χ4v) is 4.95. The number of benzene rings is 2. The molecule has 1 aliphatic heterocycles. The molecule has 184 valence electrons. The second-order valence-electron chi connectivity index (χ2n) is 7.73. The van der Waals surface area contributed by atoms with Gasteiger partial charge >= 0.3 is 0 Å². The Morgan fingerprint density at radius 3 is 2.11 bits per heavy atom. The van der Waals surface area contributed by atoms with Crippen LogP contribution >= 0.6 is 23.1 Å². The van der Waals surface area contributed by atoms with Crippen molar-refractivity contribution in [3.63, 3.8) is 0 Å². The first kappa shape index (κ1) is 25.1. The number of amides is 5. The van der Waals surface area contributed by atoms with Crippen LogP contribution in [0.2, 0.25) is 0 Å². The summed E-state index contributed by atoms with van der Waals surface area (Å²) in [5.41, 5.74) is 2.52. The van der Waals surface area contributed by atoms with Crippen LogP contribution in [0.3, 0.4) is 0 Å². The van der Waals surface area contributed by atoms with E-state index in [0.717, 1.165) is 4.90 Å². The lowest BCUT2D eigenvalue weighted by atomic mass is 10.1. The fourth-order valence-electron chi connectivity index (χ4n) is 3.40. The highest BCUT2D eigenvalue weighted by molar-refractivity contribution is 7.99. The molecule has 1 aliphatic rings. The van der Waals surface area contributed by atoms with E-state index in [9.17, 15) is 24.0 Å². The molecule has 0 saturated carbocycles. The third-order valence-electron chi connectivity index (χ3n) is 4.95. The van der Waals surface area contributed by atoms with E-state index < -0.39 is 24.3 Å². The zero-order valence-corrected chi connectivity index (χ0v) is 20.7. The van der Waals surface area contributed by atoms with Gasteiger partial charge in [-0.15, -0.1) is 23.1 Å². The highest BCUT2D eigenvalue weighted by atomic mass is 32.2. The molecule has 10 nitrogen and oxygen atoms in total. The number of fused-ring (bicyclic) bond motifs is 1. The summed E-state index contributed by atoms with van der Waals surface area (Å²) in [5.74, 6) is -1.21. The number of anilines is 3. The molecule has 0 unspecified atom stereocenters. The molecule has 3 aromatic rings. The molecule has 3 N–H and O–H groups in total. The summed E-state index contributed by atoms with van der Waals surface area (Å²) < 4.78 is 0. The Bertz CT molecular complexity index is 1300. The van der Waals surface area contributed by atoms with Crippen LogP contribution in [-0.2, 0) is 20.1 Å². The number of nitrogens with zero attached hydrogens (tertiary/aromatic N) is 2. The first-order chi connectivity index (χ1) is 17.3. The molecule has 0 saturated heterocycles. The number of nitrogens with one attached hydrogen (secondary N) is 3. The first-order valence-electron chi connectivity index (χ1n) is 10.7. The van der Waals surface area contributed by atoms with Crippen molar-refractivity contribution in [2.24, 2.45) is 0 Å². The number of aromatic nitrogens is 1. The third kappa shape index (κ3) is 6.15. The number of thioether (sulfide) groups is 1. The van der Waals surface area contributed by atoms with Gasteiger partial charge in [-0.05, 0) is 36.4 Å². The molecule has 0 spiro atoms. The number of imide groups is 1. The molecule has 0 aliphatic carbocycles. The third-order valence-corrected chi connectivity index (χ3v) is 6.72. The van der Waals surface area contributed by atoms with Crippen LogP contribution in [0, 0.1) is 0 Å². The minimum Gasteiger partial charge on any atom is -0.326 e. The van der Waals surface area contributed by atoms with Crippen LogP contribution in [0.1, 0.15) is 33.3 Å². The Balaban J connectivity index is 1.20. The average Bonchev–Trinajstić information content (AvgIpc) is 3.38. The number of carbonyl (C=O) groups excluding carboxylic acids is 5. The molecular weight excluding hydrogens is 502 g/mol. The quantitative estimate of drug-likeness (QED) is 0.366. The lowest BCUT2D eigenvalue weighted by molar-refractivity contribution is -0.116. The van der Waals surface area contributed by atoms with Crippen molar-refractivity contribution in [2.45, 2.75) is 12.7 Å². The normalized spacial score (nSPS) is 12.3. The van der Waals surface area contributed by atoms with E-state index in [1.807, 2.05) is 0 Å². The topological polar surface area (TPSA) is 138 Å². The predicted molar refractivity (Wildman–Crippen MR) is 138 cm³/mol. The smallest absolute Gasteiger partial charge is 0.262 e. The summed E-state index contributed by atoms with van der Waals surface area (Å²) in [6.07, 6.45) is 0. The van der Waals surface area contributed by atoms with E-state index in [0.29, 0.717) is 28.0 Å². The van der Waals surface area contributed by atoms with Gasteiger partial charge in [-0.3, -0.25) is 28.9 Å². The van der Waals surface area contributed by atoms with Gasteiger partial charge in [0.05, 0.1) is 22.6 Å². The molecule has 12 heteroatoms. The van der Waals surface area contributed by atoms with Crippen LogP contribution in [0.5, 0.6) is 0 Å². The Morgan fingerprint density at radius 2 is 1.50 bits per heavy atom. The summed E-state index contributed by atoms with van der Waals surface area (Å²) in [5, 5.41) is 10.2. The molecule has 2 heterocycles. The lowest BCUT2D eigenvalue weighted by Crippen LogP contribution is -2.37. The van der Waals surface area contributed by atoms with Crippen LogP contribution in [-0.4, -0.2) is 51.7 Å². The van der Waals surface area contributed by atoms with Gasteiger partial charge in [0.15, 0.2) is 5.13 Å². The maximum absolute atomic E-state index is 12.4. The zero-order valence-electron chi connectivity index (χ0n) is 19.1. The molecule has 0 atom stereocenters. The van der Waals surface area contributed by atoms with Crippen molar-refractivity contribution in [1.82, 2.24) is 9.88 Å². The highest BCUT2D eigenvalue weighted by Gasteiger charge is 2.36. The van der Waals surface area contributed by atoms with Gasteiger partial charge in [0.25, 0.3) is 11.8 Å². The molecule has 5 amide bonds.